The van der Waals surface area contributed by atoms with Crippen LogP contribution in [0.4, 0.5) is 5.69 Å². The summed E-state index contributed by atoms with van der Waals surface area (Å²) in [6, 6.07) is 6.97. The summed E-state index contributed by atoms with van der Waals surface area (Å²) in [7, 11) is 3.01. The van der Waals surface area contributed by atoms with Crippen LogP contribution >= 0.6 is 11.6 Å². The minimum atomic E-state index is -0.381. The van der Waals surface area contributed by atoms with Crippen LogP contribution in [0.15, 0.2) is 45.0 Å². The Morgan fingerprint density at radius 3 is 2.68 bits per heavy atom. The molecular weight excluding hydrogens is 266 g/mol. The van der Waals surface area contributed by atoms with Gasteiger partial charge in [-0.1, -0.05) is 17.7 Å². The molecule has 0 unspecified atom stereocenters. The third-order valence-corrected chi connectivity index (χ3v) is 2.87. The van der Waals surface area contributed by atoms with Gasteiger partial charge in [-0.15, -0.1) is 0 Å². The first kappa shape index (κ1) is 13.3. The van der Waals surface area contributed by atoms with Crippen molar-refractivity contribution in [2.75, 3.05) is 0 Å². The molecule has 2 rings (SSSR count). The van der Waals surface area contributed by atoms with E-state index in [1.54, 1.807) is 31.3 Å². The lowest BCUT2D eigenvalue weighted by Gasteiger charge is -2.02. The van der Waals surface area contributed by atoms with Gasteiger partial charge in [0, 0.05) is 31.5 Å². The third-order valence-electron chi connectivity index (χ3n) is 2.63. The van der Waals surface area contributed by atoms with E-state index < -0.39 is 0 Å². The van der Waals surface area contributed by atoms with Gasteiger partial charge in [0.15, 0.2) is 0 Å². The summed E-state index contributed by atoms with van der Waals surface area (Å²) in [6.45, 7) is 0. The Kier molecular flexibility index (Phi) is 3.66. The molecule has 0 radical (unpaired) electrons. The molecule has 0 atom stereocenters. The number of halogens is 1. The van der Waals surface area contributed by atoms with E-state index in [9.17, 15) is 9.59 Å². The molecular formula is C13H12ClN3O2. The zero-order chi connectivity index (χ0) is 14.0. The van der Waals surface area contributed by atoms with E-state index in [-0.39, 0.29) is 11.2 Å². The fraction of sp³-hybridized carbons (Fsp3) is 0.154. The van der Waals surface area contributed by atoms with Gasteiger partial charge in [-0.05, 0) is 18.2 Å². The van der Waals surface area contributed by atoms with Crippen LogP contribution in [0.2, 0.25) is 5.02 Å². The zero-order valence-electron chi connectivity index (χ0n) is 10.5. The smallest absolute Gasteiger partial charge is 0.303 e. The van der Waals surface area contributed by atoms with Crippen LogP contribution in [0.3, 0.4) is 0 Å². The highest BCUT2D eigenvalue weighted by molar-refractivity contribution is 6.30. The molecule has 1 aromatic heterocycles. The van der Waals surface area contributed by atoms with Gasteiger partial charge in [-0.25, -0.2) is 4.79 Å². The van der Waals surface area contributed by atoms with Crippen LogP contribution in [0.1, 0.15) is 5.56 Å². The van der Waals surface area contributed by atoms with Gasteiger partial charge in [0.2, 0.25) is 0 Å². The van der Waals surface area contributed by atoms with Gasteiger partial charge >= 0.3 is 5.69 Å². The second-order valence-corrected chi connectivity index (χ2v) is 4.52. The van der Waals surface area contributed by atoms with Crippen molar-refractivity contribution in [3.8, 4) is 0 Å². The Balaban J connectivity index is 2.45. The number of aryl methyl sites for hydroxylation is 1. The van der Waals surface area contributed by atoms with Crippen molar-refractivity contribution in [1.29, 1.82) is 0 Å². The number of rotatable bonds is 2. The molecule has 0 saturated carbocycles. The first-order chi connectivity index (χ1) is 8.99. The van der Waals surface area contributed by atoms with E-state index in [1.165, 1.54) is 24.0 Å². The minimum absolute atomic E-state index is 0.338. The highest BCUT2D eigenvalue weighted by Gasteiger charge is 2.04. The molecule has 0 amide bonds. The van der Waals surface area contributed by atoms with Crippen molar-refractivity contribution in [3.63, 3.8) is 0 Å². The average molecular weight is 278 g/mol. The van der Waals surface area contributed by atoms with E-state index >= 15 is 0 Å². The summed E-state index contributed by atoms with van der Waals surface area (Å²) < 4.78 is 2.38. The predicted octanol–water partition coefficient (Wildman–Crippen LogP) is 1.49. The van der Waals surface area contributed by atoms with Gasteiger partial charge in [0.05, 0.1) is 11.3 Å². The lowest BCUT2D eigenvalue weighted by molar-refractivity contribution is 0.684. The van der Waals surface area contributed by atoms with E-state index in [0.29, 0.717) is 16.3 Å². The number of hydrogen-bond acceptors (Lipinski definition) is 3. The van der Waals surface area contributed by atoms with E-state index in [2.05, 4.69) is 4.99 Å². The Hall–Kier alpha value is -2.14. The van der Waals surface area contributed by atoms with Gasteiger partial charge in [0.25, 0.3) is 5.56 Å². The zero-order valence-corrected chi connectivity index (χ0v) is 11.3. The molecule has 0 N–H and O–H groups in total. The average Bonchev–Trinajstić information content (AvgIpc) is 2.39. The van der Waals surface area contributed by atoms with Crippen LogP contribution in [0.5, 0.6) is 0 Å². The van der Waals surface area contributed by atoms with Crippen molar-refractivity contribution >= 4 is 23.5 Å². The number of nitrogens with zero attached hydrogens (tertiary/aromatic N) is 3. The summed E-state index contributed by atoms with van der Waals surface area (Å²) >= 11 is 5.84. The summed E-state index contributed by atoms with van der Waals surface area (Å²) in [5, 5.41) is 0.572. The second-order valence-electron chi connectivity index (χ2n) is 4.08. The van der Waals surface area contributed by atoms with Crippen LogP contribution in [0.25, 0.3) is 0 Å². The first-order valence-corrected chi connectivity index (χ1v) is 5.93. The molecule has 0 fully saturated rings. The van der Waals surface area contributed by atoms with Crippen LogP contribution in [0, 0.1) is 0 Å². The third kappa shape index (κ3) is 2.82. The molecule has 6 heteroatoms. The van der Waals surface area contributed by atoms with Crippen LogP contribution in [-0.4, -0.2) is 15.3 Å². The number of aromatic nitrogens is 2. The van der Waals surface area contributed by atoms with Crippen molar-refractivity contribution in [1.82, 2.24) is 9.13 Å². The summed E-state index contributed by atoms with van der Waals surface area (Å²) in [5.74, 6) is 0. The molecule has 5 nitrogen and oxygen atoms in total. The van der Waals surface area contributed by atoms with Gasteiger partial charge < -0.3 is 4.57 Å². The Bertz CT molecular complexity index is 759. The van der Waals surface area contributed by atoms with Crippen molar-refractivity contribution < 1.29 is 0 Å². The molecule has 2 aromatic rings. The second kappa shape index (κ2) is 5.24. The molecule has 1 heterocycles. The SMILES string of the molecule is Cn1cc(C=Nc2cccc(Cl)c2)c(=O)n(C)c1=O. The highest BCUT2D eigenvalue weighted by atomic mass is 35.5. The molecule has 19 heavy (non-hydrogen) atoms. The fourth-order valence-corrected chi connectivity index (χ4v) is 1.81. The Morgan fingerprint density at radius 2 is 2.00 bits per heavy atom. The monoisotopic (exact) mass is 277 g/mol. The van der Waals surface area contributed by atoms with Crippen LogP contribution < -0.4 is 11.2 Å². The topological polar surface area (TPSA) is 56.4 Å². The van der Waals surface area contributed by atoms with Gasteiger partial charge in [-0.2, -0.15) is 0 Å². The summed E-state index contributed by atoms with van der Waals surface area (Å²) in [4.78, 5) is 27.6. The molecule has 98 valence electrons. The van der Waals surface area contributed by atoms with Gasteiger partial charge in [0.1, 0.15) is 0 Å². The molecule has 0 aliphatic rings. The lowest BCUT2D eigenvalue weighted by atomic mass is 10.3. The number of benzene rings is 1. The number of aliphatic imine (C=N–C) groups is 1. The molecule has 0 aliphatic carbocycles. The quantitative estimate of drug-likeness (QED) is 0.781. The Morgan fingerprint density at radius 1 is 1.26 bits per heavy atom. The number of hydrogen-bond donors (Lipinski definition) is 0. The Labute approximate surface area is 114 Å². The standard InChI is InChI=1S/C13H12ClN3O2/c1-16-8-9(12(18)17(2)13(16)19)7-15-11-5-3-4-10(14)6-11/h3-8H,1-2H3. The molecule has 1 aromatic carbocycles. The predicted molar refractivity (Wildman–Crippen MR) is 75.6 cm³/mol. The van der Waals surface area contributed by atoms with Crippen molar-refractivity contribution in [3.05, 3.63) is 61.9 Å². The van der Waals surface area contributed by atoms with E-state index in [0.717, 1.165) is 4.57 Å². The normalized spacial score (nSPS) is 11.1. The molecule has 0 spiro atoms. The molecule has 0 aliphatic heterocycles. The molecule has 0 bridgehead atoms. The van der Waals surface area contributed by atoms with Crippen molar-refractivity contribution in [2.24, 2.45) is 19.1 Å². The van der Waals surface area contributed by atoms with Gasteiger partial charge in [-0.3, -0.25) is 14.4 Å². The first-order valence-electron chi connectivity index (χ1n) is 5.55. The maximum Gasteiger partial charge on any atom is 0.330 e. The maximum atomic E-state index is 11.9. The highest BCUT2D eigenvalue weighted by Crippen LogP contribution is 2.17. The summed E-state index contributed by atoms with van der Waals surface area (Å²) in [6.07, 6.45) is 2.88. The van der Waals surface area contributed by atoms with E-state index in [1.807, 2.05) is 0 Å². The largest absolute Gasteiger partial charge is 0.330 e. The van der Waals surface area contributed by atoms with E-state index in [4.69, 9.17) is 11.6 Å². The van der Waals surface area contributed by atoms with Crippen LogP contribution in [-0.2, 0) is 14.1 Å². The molecule has 0 saturated heterocycles. The maximum absolute atomic E-state index is 11.9. The summed E-state index contributed by atoms with van der Waals surface area (Å²) in [5.41, 5.74) is 0.228. The fourth-order valence-electron chi connectivity index (χ4n) is 1.63. The van der Waals surface area contributed by atoms with Crippen molar-refractivity contribution in [2.45, 2.75) is 0 Å². The lowest BCUT2D eigenvalue weighted by Crippen LogP contribution is -2.38. The minimum Gasteiger partial charge on any atom is -0.303 e.